The van der Waals surface area contributed by atoms with E-state index in [0.29, 0.717) is 6.04 Å². The Morgan fingerprint density at radius 1 is 1.22 bits per heavy atom. The predicted molar refractivity (Wildman–Crippen MR) is 75.9 cm³/mol. The van der Waals surface area contributed by atoms with Gasteiger partial charge < -0.3 is 10.1 Å². The molecule has 2 aliphatic rings. The van der Waals surface area contributed by atoms with Crippen molar-refractivity contribution in [2.24, 2.45) is 5.92 Å². The molecule has 0 spiro atoms. The Balaban J connectivity index is 1.60. The third-order valence-electron chi connectivity index (χ3n) is 4.36. The maximum Gasteiger partial charge on any atom is 0.0494 e. The van der Waals surface area contributed by atoms with Gasteiger partial charge in [-0.05, 0) is 38.0 Å². The first-order chi connectivity index (χ1) is 8.83. The molecule has 2 fully saturated rings. The maximum absolute atomic E-state index is 5.73. The van der Waals surface area contributed by atoms with E-state index in [2.05, 4.69) is 24.1 Å². The van der Waals surface area contributed by atoms with Crippen LogP contribution in [0.1, 0.15) is 46.0 Å². The molecule has 1 aliphatic carbocycles. The zero-order valence-electron chi connectivity index (χ0n) is 12.2. The van der Waals surface area contributed by atoms with Crippen molar-refractivity contribution in [1.82, 2.24) is 10.2 Å². The first kappa shape index (κ1) is 14.3. The van der Waals surface area contributed by atoms with Crippen molar-refractivity contribution in [1.29, 1.82) is 0 Å². The van der Waals surface area contributed by atoms with E-state index in [1.807, 2.05) is 0 Å². The fraction of sp³-hybridized carbons (Fsp3) is 1.00. The summed E-state index contributed by atoms with van der Waals surface area (Å²) in [6, 6.07) is 1.43. The summed E-state index contributed by atoms with van der Waals surface area (Å²) in [7, 11) is 0. The molecule has 0 aromatic heterocycles. The predicted octanol–water partition coefficient (Wildman–Crippen LogP) is 2.27. The van der Waals surface area contributed by atoms with Crippen LogP contribution in [0, 0.1) is 5.92 Å². The van der Waals surface area contributed by atoms with Crippen molar-refractivity contribution in [3.05, 3.63) is 0 Å². The van der Waals surface area contributed by atoms with Crippen LogP contribution < -0.4 is 5.32 Å². The molecule has 3 heteroatoms. The van der Waals surface area contributed by atoms with Crippen molar-refractivity contribution in [3.63, 3.8) is 0 Å². The average molecular weight is 254 g/mol. The number of ether oxygens (including phenoxy) is 1. The molecule has 1 aliphatic heterocycles. The van der Waals surface area contributed by atoms with Gasteiger partial charge >= 0.3 is 0 Å². The molecule has 0 amide bonds. The van der Waals surface area contributed by atoms with Gasteiger partial charge in [0.05, 0.1) is 0 Å². The number of piperazine rings is 1. The molecular weight excluding hydrogens is 224 g/mol. The average Bonchev–Trinajstić information content (AvgIpc) is 3.22. The lowest BCUT2D eigenvalue weighted by Crippen LogP contribution is -2.56. The van der Waals surface area contributed by atoms with Crippen LogP contribution in [0.5, 0.6) is 0 Å². The highest BCUT2D eigenvalue weighted by molar-refractivity contribution is 4.84. The van der Waals surface area contributed by atoms with Crippen molar-refractivity contribution in [2.75, 3.05) is 32.8 Å². The van der Waals surface area contributed by atoms with Crippen LogP contribution in [0.15, 0.2) is 0 Å². The van der Waals surface area contributed by atoms with Gasteiger partial charge in [0.25, 0.3) is 0 Å². The zero-order valence-corrected chi connectivity index (χ0v) is 12.2. The molecule has 1 saturated carbocycles. The van der Waals surface area contributed by atoms with Gasteiger partial charge in [-0.3, -0.25) is 4.90 Å². The van der Waals surface area contributed by atoms with Gasteiger partial charge in [-0.25, -0.2) is 0 Å². The van der Waals surface area contributed by atoms with Crippen molar-refractivity contribution >= 4 is 0 Å². The molecule has 3 nitrogen and oxygen atoms in total. The van der Waals surface area contributed by atoms with Crippen LogP contribution >= 0.6 is 0 Å². The smallest absolute Gasteiger partial charge is 0.0494 e. The summed E-state index contributed by atoms with van der Waals surface area (Å²) < 4.78 is 5.73. The number of nitrogens with zero attached hydrogens (tertiary/aromatic N) is 1. The van der Waals surface area contributed by atoms with Crippen LogP contribution in [-0.2, 0) is 4.74 Å². The molecule has 18 heavy (non-hydrogen) atoms. The number of hydrogen-bond acceptors (Lipinski definition) is 3. The molecule has 106 valence electrons. The lowest BCUT2D eigenvalue weighted by molar-refractivity contribution is 0.0860. The first-order valence-electron chi connectivity index (χ1n) is 7.88. The van der Waals surface area contributed by atoms with Crippen LogP contribution in [0.4, 0.5) is 0 Å². The van der Waals surface area contributed by atoms with E-state index < -0.39 is 0 Å². The Bertz CT molecular complexity index is 231. The minimum Gasteiger partial charge on any atom is -0.381 e. The minimum atomic E-state index is 0.695. The zero-order chi connectivity index (χ0) is 12.8. The van der Waals surface area contributed by atoms with E-state index in [0.717, 1.165) is 31.7 Å². The van der Waals surface area contributed by atoms with Gasteiger partial charge in [-0.1, -0.05) is 13.8 Å². The molecule has 0 radical (unpaired) electrons. The molecule has 1 saturated heterocycles. The van der Waals surface area contributed by atoms with Gasteiger partial charge in [0.15, 0.2) is 0 Å². The highest BCUT2D eigenvalue weighted by Gasteiger charge is 2.25. The summed E-state index contributed by atoms with van der Waals surface area (Å²) in [5.74, 6) is 0.900. The summed E-state index contributed by atoms with van der Waals surface area (Å²) >= 11 is 0. The topological polar surface area (TPSA) is 24.5 Å². The van der Waals surface area contributed by atoms with Gasteiger partial charge in [0.1, 0.15) is 0 Å². The van der Waals surface area contributed by atoms with E-state index in [9.17, 15) is 0 Å². The fourth-order valence-electron chi connectivity index (χ4n) is 2.78. The van der Waals surface area contributed by atoms with Gasteiger partial charge in [0.2, 0.25) is 0 Å². The van der Waals surface area contributed by atoms with Crippen LogP contribution in [0.2, 0.25) is 0 Å². The Morgan fingerprint density at radius 2 is 2.06 bits per heavy atom. The largest absolute Gasteiger partial charge is 0.381 e. The summed E-state index contributed by atoms with van der Waals surface area (Å²) in [4.78, 5) is 2.67. The van der Waals surface area contributed by atoms with Crippen LogP contribution in [0.3, 0.4) is 0 Å². The minimum absolute atomic E-state index is 0.695. The van der Waals surface area contributed by atoms with Gasteiger partial charge in [-0.15, -0.1) is 0 Å². The lowest BCUT2D eigenvalue weighted by Gasteiger charge is -2.40. The molecule has 1 N–H and O–H groups in total. The summed E-state index contributed by atoms with van der Waals surface area (Å²) in [5, 5.41) is 3.65. The SMILES string of the molecule is CCC1CN(CCCOCC2CC2)C(CC)CN1. The summed E-state index contributed by atoms with van der Waals surface area (Å²) in [5.41, 5.74) is 0. The van der Waals surface area contributed by atoms with Crippen molar-refractivity contribution in [2.45, 2.75) is 58.0 Å². The van der Waals surface area contributed by atoms with Crippen molar-refractivity contribution in [3.8, 4) is 0 Å². The molecule has 1 heterocycles. The first-order valence-corrected chi connectivity index (χ1v) is 7.88. The molecule has 2 atom stereocenters. The van der Waals surface area contributed by atoms with Gasteiger partial charge in [0, 0.05) is 44.9 Å². The third-order valence-corrected chi connectivity index (χ3v) is 4.36. The fourth-order valence-corrected chi connectivity index (χ4v) is 2.78. The Kier molecular flexibility index (Phi) is 5.93. The van der Waals surface area contributed by atoms with E-state index in [4.69, 9.17) is 4.74 Å². The molecule has 0 bridgehead atoms. The second-order valence-corrected chi connectivity index (χ2v) is 5.94. The molecule has 2 rings (SSSR count). The maximum atomic E-state index is 5.73. The standard InChI is InChI=1S/C15H30N2O/c1-3-14-11-17(15(4-2)10-16-14)8-5-9-18-12-13-6-7-13/h13-16H,3-12H2,1-2H3. The Labute approximate surface area is 112 Å². The van der Waals surface area contributed by atoms with Crippen LogP contribution in [0.25, 0.3) is 0 Å². The second-order valence-electron chi connectivity index (χ2n) is 5.94. The number of rotatable bonds is 8. The summed E-state index contributed by atoms with van der Waals surface area (Å²) in [6.07, 6.45) is 6.49. The quantitative estimate of drug-likeness (QED) is 0.673. The van der Waals surface area contributed by atoms with Gasteiger partial charge in [-0.2, -0.15) is 0 Å². The lowest BCUT2D eigenvalue weighted by atomic mass is 10.1. The summed E-state index contributed by atoms with van der Waals surface area (Å²) in [6.45, 7) is 10.1. The second kappa shape index (κ2) is 7.46. The molecule has 0 aromatic carbocycles. The van der Waals surface area contributed by atoms with E-state index in [1.54, 1.807) is 0 Å². The Hall–Kier alpha value is -0.120. The third kappa shape index (κ3) is 4.52. The normalized spacial score (nSPS) is 29.7. The molecular formula is C15H30N2O. The van der Waals surface area contributed by atoms with Crippen LogP contribution in [-0.4, -0.2) is 49.8 Å². The Morgan fingerprint density at radius 3 is 2.72 bits per heavy atom. The van der Waals surface area contributed by atoms with E-state index in [-0.39, 0.29) is 0 Å². The number of hydrogen-bond donors (Lipinski definition) is 1. The highest BCUT2D eigenvalue weighted by Crippen LogP contribution is 2.28. The highest BCUT2D eigenvalue weighted by atomic mass is 16.5. The number of nitrogens with one attached hydrogen (secondary N) is 1. The monoisotopic (exact) mass is 254 g/mol. The van der Waals surface area contributed by atoms with E-state index in [1.165, 1.54) is 45.2 Å². The molecule has 0 aromatic rings. The molecule has 2 unspecified atom stereocenters. The van der Waals surface area contributed by atoms with E-state index >= 15 is 0 Å². The van der Waals surface area contributed by atoms with Crippen molar-refractivity contribution < 1.29 is 4.74 Å².